The molecule has 0 unspecified atom stereocenters. The Labute approximate surface area is 151 Å². The van der Waals surface area contributed by atoms with Crippen molar-refractivity contribution in [3.05, 3.63) is 40.9 Å². The third-order valence-electron chi connectivity index (χ3n) is 4.29. The van der Waals surface area contributed by atoms with Crippen molar-refractivity contribution in [2.45, 2.75) is 44.7 Å². The lowest BCUT2D eigenvalue weighted by Gasteiger charge is -2.25. The Bertz CT molecular complexity index is 934. The first kappa shape index (κ1) is 17.7. The van der Waals surface area contributed by atoms with Gasteiger partial charge in [-0.2, -0.15) is 5.26 Å². The van der Waals surface area contributed by atoms with Gasteiger partial charge in [-0.3, -0.25) is 10.4 Å². The zero-order chi connectivity index (χ0) is 18.4. The van der Waals surface area contributed by atoms with Gasteiger partial charge in [0.2, 0.25) is 0 Å². The second-order valence-corrected chi connectivity index (χ2v) is 8.60. The number of nitrogens with one attached hydrogen (secondary N) is 1. The Morgan fingerprint density at radius 2 is 2.12 bits per heavy atom. The molecule has 1 aliphatic heterocycles. The zero-order valence-electron chi connectivity index (χ0n) is 14.9. The van der Waals surface area contributed by atoms with Crippen LogP contribution in [-0.4, -0.2) is 15.3 Å². The number of halogens is 1. The smallest absolute Gasteiger partial charge is 0.145 e. The average molecular weight is 356 g/mol. The van der Waals surface area contributed by atoms with Gasteiger partial charge in [0.05, 0.1) is 10.7 Å². The summed E-state index contributed by atoms with van der Waals surface area (Å²) in [5.41, 5.74) is 1.58. The summed E-state index contributed by atoms with van der Waals surface area (Å²) < 4.78 is 16.4. The monoisotopic (exact) mass is 356 g/mol. The highest BCUT2D eigenvalue weighted by Gasteiger charge is 2.23. The van der Waals surface area contributed by atoms with E-state index in [1.807, 2.05) is 31.4 Å². The van der Waals surface area contributed by atoms with Gasteiger partial charge in [0.1, 0.15) is 22.9 Å². The van der Waals surface area contributed by atoms with E-state index >= 15 is 0 Å². The molecule has 0 saturated heterocycles. The van der Waals surface area contributed by atoms with Crippen LogP contribution in [0.4, 0.5) is 4.39 Å². The average Bonchev–Trinajstić information content (AvgIpc) is 2.54. The van der Waals surface area contributed by atoms with E-state index in [-0.39, 0.29) is 22.3 Å². The third-order valence-corrected chi connectivity index (χ3v) is 5.66. The molecule has 130 valence electrons. The molecule has 0 bridgehead atoms. The molecule has 3 rings (SSSR count). The van der Waals surface area contributed by atoms with E-state index in [1.165, 1.54) is 6.07 Å². The predicted octanol–water partition coefficient (Wildman–Crippen LogP) is 4.08. The largest absolute Gasteiger partial charge is 0.320 e. The lowest BCUT2D eigenvalue weighted by atomic mass is 9.90. The summed E-state index contributed by atoms with van der Waals surface area (Å²) in [6.07, 6.45) is 1.60. The molecule has 3 heterocycles. The van der Waals surface area contributed by atoms with Gasteiger partial charge in [0.15, 0.2) is 0 Å². The fourth-order valence-corrected chi connectivity index (χ4v) is 4.10. The van der Waals surface area contributed by atoms with Crippen LogP contribution in [0, 0.1) is 28.5 Å². The predicted molar refractivity (Wildman–Crippen MR) is 96.8 cm³/mol. The zero-order valence-corrected chi connectivity index (χ0v) is 15.7. The fourth-order valence-electron chi connectivity index (χ4n) is 3.02. The van der Waals surface area contributed by atoms with E-state index in [0.717, 1.165) is 17.3 Å². The highest BCUT2D eigenvalue weighted by atomic mass is 32.2. The van der Waals surface area contributed by atoms with Crippen molar-refractivity contribution >= 4 is 11.8 Å². The van der Waals surface area contributed by atoms with Gasteiger partial charge < -0.3 is 4.57 Å². The second kappa shape index (κ2) is 6.30. The number of nitrogens with zero attached hydrogens (tertiary/aromatic N) is 3. The molecule has 1 aliphatic rings. The summed E-state index contributed by atoms with van der Waals surface area (Å²) in [6, 6.07) is 5.44. The summed E-state index contributed by atoms with van der Waals surface area (Å²) in [5, 5.41) is 18.9. The topological polar surface area (TPSA) is 65.5 Å². The maximum atomic E-state index is 14.6. The van der Waals surface area contributed by atoms with E-state index in [4.69, 9.17) is 5.41 Å². The molecule has 0 amide bonds. The van der Waals surface area contributed by atoms with Gasteiger partial charge >= 0.3 is 0 Å². The van der Waals surface area contributed by atoms with Gasteiger partial charge in [0, 0.05) is 35.0 Å². The van der Waals surface area contributed by atoms with Crippen molar-refractivity contribution in [2.24, 2.45) is 5.92 Å². The van der Waals surface area contributed by atoms with Gasteiger partial charge in [-0.15, -0.1) is 11.8 Å². The molecule has 25 heavy (non-hydrogen) atoms. The van der Waals surface area contributed by atoms with Crippen molar-refractivity contribution in [3.8, 4) is 17.2 Å². The first-order chi connectivity index (χ1) is 11.7. The van der Waals surface area contributed by atoms with Crippen molar-refractivity contribution in [1.82, 2.24) is 9.55 Å². The normalized spacial score (nSPS) is 17.0. The minimum atomic E-state index is -0.390. The molecule has 2 aromatic heterocycles. The number of pyridine rings is 2. The fraction of sp³-hybridized carbons (Fsp3) is 0.421. The Morgan fingerprint density at radius 3 is 2.72 bits per heavy atom. The number of thioether (sulfide) groups is 1. The first-order valence-corrected chi connectivity index (χ1v) is 9.22. The van der Waals surface area contributed by atoms with Crippen molar-refractivity contribution in [2.75, 3.05) is 5.75 Å². The maximum absolute atomic E-state index is 14.6. The number of rotatable bonds is 1. The van der Waals surface area contributed by atoms with E-state index in [2.05, 4.69) is 18.0 Å². The second-order valence-electron chi connectivity index (χ2n) is 7.56. The number of fused-ring (bicyclic) bond motifs is 1. The van der Waals surface area contributed by atoms with Crippen LogP contribution >= 0.6 is 11.8 Å². The lowest BCUT2D eigenvalue weighted by molar-refractivity contribution is 0.466. The Hall–Kier alpha value is -2.13. The molecule has 4 nitrogen and oxygen atoms in total. The van der Waals surface area contributed by atoms with Crippen LogP contribution in [0.2, 0.25) is 0 Å². The van der Waals surface area contributed by atoms with Crippen LogP contribution in [0.3, 0.4) is 0 Å². The molecule has 1 atom stereocenters. The van der Waals surface area contributed by atoms with Gasteiger partial charge in [-0.1, -0.05) is 27.7 Å². The van der Waals surface area contributed by atoms with Crippen molar-refractivity contribution < 1.29 is 4.39 Å². The third kappa shape index (κ3) is 3.21. The highest BCUT2D eigenvalue weighted by molar-refractivity contribution is 7.99. The maximum Gasteiger partial charge on any atom is 0.145 e. The lowest BCUT2D eigenvalue weighted by Crippen LogP contribution is -2.31. The highest BCUT2D eigenvalue weighted by Crippen LogP contribution is 2.33. The van der Waals surface area contributed by atoms with Crippen LogP contribution in [-0.2, 0) is 12.0 Å². The van der Waals surface area contributed by atoms with Crippen LogP contribution in [0.1, 0.15) is 39.0 Å². The van der Waals surface area contributed by atoms with Crippen LogP contribution in [0.15, 0.2) is 23.4 Å². The molecule has 6 heteroatoms. The molecule has 0 fully saturated rings. The Kier molecular flexibility index (Phi) is 4.46. The molecule has 0 spiro atoms. The van der Waals surface area contributed by atoms with Gasteiger partial charge in [0.25, 0.3) is 0 Å². The molecular weight excluding hydrogens is 335 g/mol. The molecule has 2 aromatic rings. The van der Waals surface area contributed by atoms with E-state index in [1.54, 1.807) is 18.0 Å². The molecule has 1 N–H and O–H groups in total. The molecule has 0 saturated carbocycles. The first-order valence-electron chi connectivity index (χ1n) is 8.24. The number of aromatic nitrogens is 2. The Balaban J connectivity index is 2.19. The van der Waals surface area contributed by atoms with E-state index in [9.17, 15) is 9.65 Å². The quantitative estimate of drug-likeness (QED) is 0.837. The van der Waals surface area contributed by atoms with Crippen molar-refractivity contribution in [1.29, 1.82) is 10.7 Å². The Morgan fingerprint density at radius 1 is 1.40 bits per heavy atom. The van der Waals surface area contributed by atoms with Crippen LogP contribution in [0.5, 0.6) is 0 Å². The minimum absolute atomic E-state index is 0.189. The van der Waals surface area contributed by atoms with E-state index in [0.29, 0.717) is 22.7 Å². The van der Waals surface area contributed by atoms with Crippen molar-refractivity contribution in [3.63, 3.8) is 0 Å². The summed E-state index contributed by atoms with van der Waals surface area (Å²) in [6.45, 7) is 8.59. The molecule has 0 aromatic carbocycles. The standard InChI is InChI=1S/C19H21FN4S/c1-11-9-24-16(25-10-11)6-13(14(7-21)18(24)22)12-5-15(20)17(23-8-12)19(2,3)4/h5-6,8,11,22H,9-10H2,1-4H3/t11-/m1/s1. The summed E-state index contributed by atoms with van der Waals surface area (Å²) >= 11 is 1.67. The molecule has 0 radical (unpaired) electrons. The van der Waals surface area contributed by atoms with Crippen LogP contribution in [0.25, 0.3) is 11.1 Å². The SMILES string of the molecule is C[C@H]1CSc2cc(-c3cnc(C(C)(C)C)c(F)c3)c(C#N)c(=N)n2C1. The summed E-state index contributed by atoms with van der Waals surface area (Å²) in [4.78, 5) is 4.30. The van der Waals surface area contributed by atoms with Gasteiger partial charge in [-0.25, -0.2) is 4.39 Å². The minimum Gasteiger partial charge on any atom is -0.320 e. The van der Waals surface area contributed by atoms with Gasteiger partial charge in [-0.05, 0) is 18.1 Å². The number of nitriles is 1. The number of hydrogen-bond donors (Lipinski definition) is 1. The number of hydrogen-bond acceptors (Lipinski definition) is 4. The molecular formula is C19H21FN4S. The molecule has 0 aliphatic carbocycles. The summed E-state index contributed by atoms with van der Waals surface area (Å²) in [5.74, 6) is 1.04. The van der Waals surface area contributed by atoms with E-state index < -0.39 is 0 Å². The summed E-state index contributed by atoms with van der Waals surface area (Å²) in [7, 11) is 0. The van der Waals surface area contributed by atoms with Crippen LogP contribution < -0.4 is 5.49 Å².